The van der Waals surface area contributed by atoms with Crippen LogP contribution in [-0.4, -0.2) is 17.2 Å². The summed E-state index contributed by atoms with van der Waals surface area (Å²) in [7, 11) is -1.56. The Bertz CT molecular complexity index is 2450. The maximum Gasteiger partial charge on any atom is 0.488 e. The van der Waals surface area contributed by atoms with Crippen molar-refractivity contribution in [3.8, 4) is 44.5 Å². The largest absolute Gasteiger partial charge is 0.488 e. The first-order chi connectivity index (χ1) is 22.7. The number of benzene rings is 7. The van der Waals surface area contributed by atoms with Crippen molar-refractivity contribution >= 4 is 34.1 Å². The minimum atomic E-state index is -1.56. The number of rotatable bonds is 3. The third kappa shape index (κ3) is 3.88. The first-order valence-corrected chi connectivity index (χ1v) is 16.5. The van der Waals surface area contributed by atoms with Crippen molar-refractivity contribution in [2.24, 2.45) is 0 Å². The minimum absolute atomic E-state index is 0.115. The molecule has 0 unspecified atom stereocenters. The van der Waals surface area contributed by atoms with Crippen LogP contribution >= 0.6 is 0 Å². The molecule has 2 aliphatic rings. The molecule has 2 N–H and O–H groups in total. The molecule has 47 heavy (non-hydrogen) atoms. The highest BCUT2D eigenvalue weighted by Crippen LogP contribution is 2.53. The molecule has 0 radical (unpaired) electrons. The predicted octanol–water partition coefficient (Wildman–Crippen LogP) is 9.62. The van der Waals surface area contributed by atoms with Gasteiger partial charge in [0, 0.05) is 10.8 Å². The average molecular weight is 607 g/mol. The second kappa shape index (κ2) is 9.78. The van der Waals surface area contributed by atoms with Gasteiger partial charge in [-0.15, -0.1) is 0 Å². The molecule has 0 aliphatic heterocycles. The zero-order valence-corrected chi connectivity index (χ0v) is 27.1. The summed E-state index contributed by atoms with van der Waals surface area (Å²) < 4.78 is 0. The summed E-state index contributed by atoms with van der Waals surface area (Å²) in [6.07, 6.45) is 0. The van der Waals surface area contributed by atoms with Gasteiger partial charge in [-0.2, -0.15) is 0 Å². The Hall–Kier alpha value is -4.96. The third-order valence-corrected chi connectivity index (χ3v) is 11.1. The Labute approximate surface area is 276 Å². The van der Waals surface area contributed by atoms with Gasteiger partial charge in [0.05, 0.1) is 0 Å². The Balaban J connectivity index is 1.34. The molecule has 0 saturated heterocycles. The van der Waals surface area contributed by atoms with Crippen molar-refractivity contribution in [1.29, 1.82) is 0 Å². The predicted molar refractivity (Wildman–Crippen MR) is 197 cm³/mol. The van der Waals surface area contributed by atoms with E-state index in [2.05, 4.69) is 143 Å². The summed E-state index contributed by atoms with van der Waals surface area (Å²) in [5, 5.41) is 25.1. The fourth-order valence-electron chi connectivity index (χ4n) is 8.70. The maximum atomic E-state index is 10.3. The van der Waals surface area contributed by atoms with E-state index in [-0.39, 0.29) is 10.8 Å². The lowest BCUT2D eigenvalue weighted by Gasteiger charge is -2.24. The molecule has 7 aromatic carbocycles. The highest BCUT2D eigenvalue weighted by molar-refractivity contribution is 6.59. The Morgan fingerprint density at radius 2 is 0.830 bits per heavy atom. The van der Waals surface area contributed by atoms with Crippen LogP contribution < -0.4 is 5.46 Å². The molecule has 0 aromatic heterocycles. The normalized spacial score (nSPS) is 14.9. The lowest BCUT2D eigenvalue weighted by atomic mass is 9.76. The zero-order chi connectivity index (χ0) is 32.2. The van der Waals surface area contributed by atoms with Crippen molar-refractivity contribution in [3.63, 3.8) is 0 Å². The standard InChI is InChI=1S/C44H35BO2/c1-43(2)37-15-9-7-11-29(37)31-20-17-26(23-39(31)43)41-33-13-5-6-14-34(33)42(36-25-28(45(46)47)19-22-35(36)41)27-18-21-32-30-12-8-10-16-38(30)44(3,4)40(32)24-27/h5-25,46-47H,1-4H3. The van der Waals surface area contributed by atoms with E-state index in [1.165, 1.54) is 61.0 Å². The van der Waals surface area contributed by atoms with Crippen molar-refractivity contribution < 1.29 is 10.0 Å². The lowest BCUT2D eigenvalue weighted by Crippen LogP contribution is -2.29. The fourth-order valence-corrected chi connectivity index (χ4v) is 8.70. The first-order valence-electron chi connectivity index (χ1n) is 16.5. The molecule has 9 rings (SSSR count). The molecule has 0 fully saturated rings. The summed E-state index contributed by atoms with van der Waals surface area (Å²) in [4.78, 5) is 0. The quantitative estimate of drug-likeness (QED) is 0.155. The van der Waals surface area contributed by atoms with E-state index in [4.69, 9.17) is 0 Å². The van der Waals surface area contributed by atoms with E-state index in [9.17, 15) is 10.0 Å². The van der Waals surface area contributed by atoms with Crippen molar-refractivity contribution in [2.75, 3.05) is 0 Å². The molecule has 0 spiro atoms. The SMILES string of the molecule is CC1(C)c2ccccc2-c2ccc(-c3c4ccccc4c(-c4ccc5c(c4)C(C)(C)c4ccccc4-5)c4cc(B(O)O)ccc34)cc21. The highest BCUT2D eigenvalue weighted by Gasteiger charge is 2.37. The van der Waals surface area contributed by atoms with Crippen LogP contribution in [0.1, 0.15) is 49.9 Å². The van der Waals surface area contributed by atoms with Crippen LogP contribution in [0.2, 0.25) is 0 Å². The maximum absolute atomic E-state index is 10.3. The van der Waals surface area contributed by atoms with Crippen LogP contribution in [0.4, 0.5) is 0 Å². The van der Waals surface area contributed by atoms with Gasteiger partial charge in [0.25, 0.3) is 0 Å². The second-order valence-electron chi connectivity index (χ2n) is 14.3. The molecular formula is C44H35BO2. The van der Waals surface area contributed by atoms with Gasteiger partial charge in [0.2, 0.25) is 0 Å². The zero-order valence-electron chi connectivity index (χ0n) is 27.1. The van der Waals surface area contributed by atoms with Crippen molar-refractivity contribution in [1.82, 2.24) is 0 Å². The van der Waals surface area contributed by atoms with Crippen LogP contribution in [0.25, 0.3) is 66.1 Å². The lowest BCUT2D eigenvalue weighted by molar-refractivity contribution is 0.426. The molecule has 0 bridgehead atoms. The summed E-state index contributed by atoms with van der Waals surface area (Å²) in [5.41, 5.74) is 15.4. The molecule has 0 heterocycles. The Morgan fingerprint density at radius 1 is 0.404 bits per heavy atom. The molecule has 3 heteroatoms. The second-order valence-corrected chi connectivity index (χ2v) is 14.3. The van der Waals surface area contributed by atoms with Crippen molar-refractivity contribution in [3.05, 3.63) is 150 Å². The van der Waals surface area contributed by atoms with Gasteiger partial charge >= 0.3 is 7.12 Å². The molecule has 0 amide bonds. The number of hydrogen-bond acceptors (Lipinski definition) is 2. The monoisotopic (exact) mass is 606 g/mol. The van der Waals surface area contributed by atoms with Gasteiger partial charge in [0.15, 0.2) is 0 Å². The van der Waals surface area contributed by atoms with Crippen LogP contribution in [0.5, 0.6) is 0 Å². The summed E-state index contributed by atoms with van der Waals surface area (Å²) >= 11 is 0. The van der Waals surface area contributed by atoms with Crippen LogP contribution in [0.3, 0.4) is 0 Å². The molecule has 2 nitrogen and oxygen atoms in total. The molecule has 2 aliphatic carbocycles. The Morgan fingerprint density at radius 3 is 1.34 bits per heavy atom. The summed E-state index contributed by atoms with van der Waals surface area (Å²) in [5.74, 6) is 0. The Kier molecular flexibility index (Phi) is 5.88. The average Bonchev–Trinajstić information content (AvgIpc) is 3.46. The molecular weight excluding hydrogens is 571 g/mol. The molecule has 0 atom stereocenters. The van der Waals surface area contributed by atoms with Gasteiger partial charge in [-0.1, -0.05) is 143 Å². The minimum Gasteiger partial charge on any atom is -0.423 e. The summed E-state index contributed by atoms with van der Waals surface area (Å²) in [6.45, 7) is 9.27. The number of fused-ring (bicyclic) bond motifs is 8. The molecule has 0 saturated carbocycles. The van der Waals surface area contributed by atoms with Crippen LogP contribution in [-0.2, 0) is 10.8 Å². The highest BCUT2D eigenvalue weighted by atomic mass is 16.4. The van der Waals surface area contributed by atoms with E-state index >= 15 is 0 Å². The summed E-state index contributed by atoms with van der Waals surface area (Å²) in [6, 6.07) is 45.9. The van der Waals surface area contributed by atoms with Crippen LogP contribution in [0, 0.1) is 0 Å². The van der Waals surface area contributed by atoms with Crippen LogP contribution in [0.15, 0.2) is 127 Å². The van der Waals surface area contributed by atoms with E-state index in [0.29, 0.717) is 5.46 Å². The first kappa shape index (κ1) is 28.3. The van der Waals surface area contributed by atoms with E-state index < -0.39 is 7.12 Å². The van der Waals surface area contributed by atoms with Gasteiger partial charge in [-0.05, 0) is 106 Å². The molecule has 226 valence electrons. The third-order valence-electron chi connectivity index (χ3n) is 11.1. The van der Waals surface area contributed by atoms with Gasteiger partial charge < -0.3 is 10.0 Å². The van der Waals surface area contributed by atoms with E-state index in [1.54, 1.807) is 0 Å². The van der Waals surface area contributed by atoms with Gasteiger partial charge in [-0.25, -0.2) is 0 Å². The van der Waals surface area contributed by atoms with Gasteiger partial charge in [-0.3, -0.25) is 0 Å². The number of hydrogen-bond donors (Lipinski definition) is 2. The van der Waals surface area contributed by atoms with E-state index in [1.807, 2.05) is 12.1 Å². The molecule has 7 aromatic rings. The van der Waals surface area contributed by atoms with Gasteiger partial charge in [0.1, 0.15) is 0 Å². The van der Waals surface area contributed by atoms with Crippen molar-refractivity contribution in [2.45, 2.75) is 38.5 Å². The van der Waals surface area contributed by atoms with E-state index in [0.717, 1.165) is 27.3 Å². The fraction of sp³-hybridized carbons (Fsp3) is 0.136. The topological polar surface area (TPSA) is 40.5 Å². The smallest absolute Gasteiger partial charge is 0.423 e.